The number of anilines is 1. The van der Waals surface area contributed by atoms with Crippen molar-refractivity contribution in [2.45, 2.75) is 32.0 Å². The van der Waals surface area contributed by atoms with E-state index in [1.54, 1.807) is 6.92 Å². The monoisotopic (exact) mass is 400 g/mol. The van der Waals surface area contributed by atoms with Crippen LogP contribution in [0.3, 0.4) is 0 Å². The van der Waals surface area contributed by atoms with E-state index in [1.165, 1.54) is 6.92 Å². The number of carbonyl (C=O) groups is 1. The molecule has 1 aromatic carbocycles. The SMILES string of the molecule is CCOc1cc(N/N=C\C(O)(C(CC)C(=O)O)C(F)(F)F)c(F)cc1Cl. The summed E-state index contributed by atoms with van der Waals surface area (Å²) in [5.41, 5.74) is -2.13. The number of halogens is 5. The number of benzene rings is 1. The Morgan fingerprint density at radius 2 is 2.04 bits per heavy atom. The van der Waals surface area contributed by atoms with E-state index in [-0.39, 0.29) is 29.3 Å². The molecule has 0 aliphatic heterocycles. The first kappa shape index (κ1) is 22.0. The van der Waals surface area contributed by atoms with Crippen molar-refractivity contribution in [2.75, 3.05) is 12.0 Å². The Morgan fingerprint density at radius 3 is 2.50 bits per heavy atom. The summed E-state index contributed by atoms with van der Waals surface area (Å²) in [6.07, 6.45) is -5.84. The minimum atomic E-state index is -5.31. The van der Waals surface area contributed by atoms with Crippen LogP contribution < -0.4 is 10.2 Å². The van der Waals surface area contributed by atoms with Crippen LogP contribution in [0.2, 0.25) is 5.02 Å². The summed E-state index contributed by atoms with van der Waals surface area (Å²) >= 11 is 5.76. The number of ether oxygens (including phenoxy) is 1. The fraction of sp³-hybridized carbons (Fsp3) is 0.467. The number of aliphatic hydroxyl groups is 1. The van der Waals surface area contributed by atoms with Crippen molar-refractivity contribution in [2.24, 2.45) is 11.0 Å². The van der Waals surface area contributed by atoms with Crippen LogP contribution in [0, 0.1) is 11.7 Å². The number of nitrogens with one attached hydrogen (secondary N) is 1. The van der Waals surface area contributed by atoms with E-state index < -0.39 is 35.9 Å². The van der Waals surface area contributed by atoms with Crippen LogP contribution >= 0.6 is 11.6 Å². The van der Waals surface area contributed by atoms with Gasteiger partial charge in [0.15, 0.2) is 0 Å². The predicted molar refractivity (Wildman–Crippen MR) is 87.1 cm³/mol. The lowest BCUT2D eigenvalue weighted by atomic mass is 9.85. The third-order valence-corrected chi connectivity index (χ3v) is 3.75. The molecule has 11 heteroatoms. The Kier molecular flexibility index (Phi) is 7.22. The van der Waals surface area contributed by atoms with Crippen LogP contribution in [0.15, 0.2) is 17.2 Å². The molecule has 0 amide bonds. The molecule has 0 aliphatic rings. The minimum Gasteiger partial charge on any atom is -0.492 e. The molecule has 6 nitrogen and oxygen atoms in total. The molecule has 3 N–H and O–H groups in total. The number of nitrogens with zero attached hydrogens (tertiary/aromatic N) is 1. The fourth-order valence-corrected chi connectivity index (χ4v) is 2.32. The molecule has 0 saturated carbocycles. The second kappa shape index (κ2) is 8.54. The molecule has 0 aromatic heterocycles. The van der Waals surface area contributed by atoms with Crippen LogP contribution in [-0.4, -0.2) is 40.8 Å². The Hall–Kier alpha value is -2.07. The number of carboxylic acid groups (broad SMARTS) is 1. The molecule has 2 unspecified atom stereocenters. The molecule has 0 radical (unpaired) electrons. The zero-order valence-electron chi connectivity index (χ0n) is 13.8. The number of aliphatic carboxylic acids is 1. The molecule has 2 atom stereocenters. The van der Waals surface area contributed by atoms with Gasteiger partial charge in [0.2, 0.25) is 5.60 Å². The summed E-state index contributed by atoms with van der Waals surface area (Å²) < 4.78 is 58.5. The van der Waals surface area contributed by atoms with Crippen molar-refractivity contribution in [3.8, 4) is 5.75 Å². The second-order valence-corrected chi connectivity index (χ2v) is 5.59. The standard InChI is InChI=1S/C15H17ClF4N2O4/c1-3-8(13(23)24)14(25,15(18,19)20)7-21-22-11-6-12(26-4-2)9(16)5-10(11)17/h5-8,22,25H,3-4H2,1-2H3,(H,23,24)/b21-7-. The van der Waals surface area contributed by atoms with Gasteiger partial charge < -0.3 is 14.9 Å². The van der Waals surface area contributed by atoms with Gasteiger partial charge in [-0.1, -0.05) is 18.5 Å². The zero-order valence-corrected chi connectivity index (χ0v) is 14.5. The highest BCUT2D eigenvalue weighted by atomic mass is 35.5. The first-order chi connectivity index (χ1) is 12.0. The molecule has 0 aliphatic carbocycles. The van der Waals surface area contributed by atoms with Crippen LogP contribution in [0.5, 0.6) is 5.75 Å². The fourth-order valence-electron chi connectivity index (χ4n) is 2.12. The van der Waals surface area contributed by atoms with Gasteiger partial charge in [0.1, 0.15) is 11.6 Å². The highest BCUT2D eigenvalue weighted by Crippen LogP contribution is 2.37. The average molecular weight is 401 g/mol. The third kappa shape index (κ3) is 4.76. The Balaban J connectivity index is 3.17. The van der Waals surface area contributed by atoms with Crippen LogP contribution in [0.25, 0.3) is 0 Å². The van der Waals surface area contributed by atoms with Gasteiger partial charge in [0, 0.05) is 6.07 Å². The first-order valence-electron chi connectivity index (χ1n) is 7.41. The number of alkyl halides is 3. The van der Waals surface area contributed by atoms with Crippen LogP contribution in [-0.2, 0) is 4.79 Å². The summed E-state index contributed by atoms with van der Waals surface area (Å²) in [5, 5.41) is 21.9. The van der Waals surface area contributed by atoms with E-state index in [2.05, 4.69) is 5.10 Å². The highest BCUT2D eigenvalue weighted by Gasteiger charge is 2.59. The molecule has 1 rings (SSSR count). The van der Waals surface area contributed by atoms with Crippen LogP contribution in [0.4, 0.5) is 23.2 Å². The van der Waals surface area contributed by atoms with E-state index in [4.69, 9.17) is 21.4 Å². The molecule has 0 fully saturated rings. The van der Waals surface area contributed by atoms with Crippen molar-refractivity contribution in [3.05, 3.63) is 23.0 Å². The smallest absolute Gasteiger partial charge is 0.423 e. The topological polar surface area (TPSA) is 91.1 Å². The van der Waals surface area contributed by atoms with Gasteiger partial charge in [0.25, 0.3) is 0 Å². The van der Waals surface area contributed by atoms with Crippen molar-refractivity contribution in [1.82, 2.24) is 0 Å². The van der Waals surface area contributed by atoms with Gasteiger partial charge >= 0.3 is 12.1 Å². The van der Waals surface area contributed by atoms with Crippen LogP contribution in [0.1, 0.15) is 20.3 Å². The van der Waals surface area contributed by atoms with Gasteiger partial charge in [-0.2, -0.15) is 18.3 Å². The molecule has 0 spiro atoms. The largest absolute Gasteiger partial charge is 0.492 e. The van der Waals surface area contributed by atoms with Gasteiger partial charge in [-0.3, -0.25) is 10.2 Å². The maximum absolute atomic E-state index is 13.8. The van der Waals surface area contributed by atoms with Crippen molar-refractivity contribution < 1.29 is 37.3 Å². The molecule has 1 aromatic rings. The normalized spacial score (nSPS) is 15.5. The Labute approximate surface area is 151 Å². The predicted octanol–water partition coefficient (Wildman–Crippen LogP) is 3.68. The van der Waals surface area contributed by atoms with Crippen molar-refractivity contribution in [1.29, 1.82) is 0 Å². The second-order valence-electron chi connectivity index (χ2n) is 5.19. The van der Waals surface area contributed by atoms with Gasteiger partial charge in [-0.25, -0.2) is 4.39 Å². The average Bonchev–Trinajstić information content (AvgIpc) is 2.50. The maximum atomic E-state index is 13.8. The van der Waals surface area contributed by atoms with E-state index in [1.807, 2.05) is 5.43 Å². The van der Waals surface area contributed by atoms with E-state index >= 15 is 0 Å². The van der Waals surface area contributed by atoms with E-state index in [0.717, 1.165) is 12.1 Å². The summed E-state index contributed by atoms with van der Waals surface area (Å²) in [4.78, 5) is 11.0. The van der Waals surface area contributed by atoms with Gasteiger partial charge in [-0.05, 0) is 19.4 Å². The first-order valence-corrected chi connectivity index (χ1v) is 7.79. The number of carboxylic acids is 1. The quantitative estimate of drug-likeness (QED) is 0.352. The molecule has 0 bridgehead atoms. The van der Waals surface area contributed by atoms with E-state index in [9.17, 15) is 27.5 Å². The number of hydrogen-bond donors (Lipinski definition) is 3. The third-order valence-electron chi connectivity index (χ3n) is 3.46. The Morgan fingerprint density at radius 1 is 1.42 bits per heavy atom. The number of hydrogen-bond acceptors (Lipinski definition) is 5. The van der Waals surface area contributed by atoms with Gasteiger partial charge in [0.05, 0.1) is 29.4 Å². The number of rotatable bonds is 8. The lowest BCUT2D eigenvalue weighted by molar-refractivity contribution is -0.248. The lowest BCUT2D eigenvalue weighted by Crippen LogP contribution is -2.55. The Bertz CT molecular complexity index is 684. The van der Waals surface area contributed by atoms with Crippen molar-refractivity contribution >= 4 is 29.5 Å². The lowest BCUT2D eigenvalue weighted by Gasteiger charge is -2.31. The molecular formula is C15H17ClF4N2O4. The van der Waals surface area contributed by atoms with Gasteiger partial charge in [-0.15, -0.1) is 0 Å². The molecule has 146 valence electrons. The number of hydrazone groups is 1. The maximum Gasteiger partial charge on any atom is 0.423 e. The zero-order chi connectivity index (χ0) is 20.1. The highest BCUT2D eigenvalue weighted by molar-refractivity contribution is 6.32. The van der Waals surface area contributed by atoms with Crippen molar-refractivity contribution in [3.63, 3.8) is 0 Å². The summed E-state index contributed by atoms with van der Waals surface area (Å²) in [5.74, 6) is -4.91. The van der Waals surface area contributed by atoms with E-state index in [0.29, 0.717) is 0 Å². The summed E-state index contributed by atoms with van der Waals surface area (Å²) in [6.45, 7) is 3.02. The summed E-state index contributed by atoms with van der Waals surface area (Å²) in [6, 6.07) is 1.94. The molecular weight excluding hydrogens is 384 g/mol. The molecule has 26 heavy (non-hydrogen) atoms. The minimum absolute atomic E-state index is 0.0102. The summed E-state index contributed by atoms with van der Waals surface area (Å²) in [7, 11) is 0. The molecule has 0 heterocycles. The molecule has 0 saturated heterocycles.